The number of allylic oxidation sites excluding steroid dienone is 1. The molecule has 168 valence electrons. The molecule has 0 fully saturated rings. The van der Waals surface area contributed by atoms with Crippen molar-refractivity contribution in [2.24, 2.45) is 7.05 Å². The van der Waals surface area contributed by atoms with Crippen LogP contribution < -0.4 is 5.56 Å². The molecule has 0 atom stereocenters. The first-order valence-electron chi connectivity index (χ1n) is 9.57. The molecule has 33 heavy (non-hydrogen) atoms. The van der Waals surface area contributed by atoms with Crippen LogP contribution in [-0.4, -0.2) is 36.5 Å². The molecule has 3 heterocycles. The van der Waals surface area contributed by atoms with Gasteiger partial charge in [-0.2, -0.15) is 27.9 Å². The lowest BCUT2D eigenvalue weighted by Gasteiger charge is -2.07. The quantitative estimate of drug-likeness (QED) is 0.377. The fraction of sp³-hybridized carbons (Fsp3) is 0.182. The molecule has 0 unspecified atom stereocenters. The number of methoxy groups -OCH3 is 1. The average molecular weight is 454 g/mol. The van der Waals surface area contributed by atoms with Gasteiger partial charge in [-0.05, 0) is 12.5 Å². The molecule has 0 saturated heterocycles. The van der Waals surface area contributed by atoms with Crippen LogP contribution in [0.5, 0.6) is 0 Å². The molecule has 0 bridgehead atoms. The molecule has 0 aliphatic heterocycles. The van der Waals surface area contributed by atoms with Crippen LogP contribution >= 0.6 is 0 Å². The van der Waals surface area contributed by atoms with Gasteiger partial charge in [0.2, 0.25) is 0 Å². The highest BCUT2D eigenvalue weighted by Crippen LogP contribution is 2.38. The number of aromatic amines is 1. The summed E-state index contributed by atoms with van der Waals surface area (Å²) in [4.78, 5) is 20.5. The van der Waals surface area contributed by atoms with E-state index in [2.05, 4.69) is 26.1 Å². The summed E-state index contributed by atoms with van der Waals surface area (Å²) in [5.74, 6) is 2.78. The first kappa shape index (κ1) is 21.9. The van der Waals surface area contributed by atoms with Gasteiger partial charge in [0.25, 0.3) is 5.56 Å². The number of hydrogen-bond donors (Lipinski definition) is 1. The van der Waals surface area contributed by atoms with Crippen LogP contribution in [0, 0.1) is 19.3 Å². The van der Waals surface area contributed by atoms with Crippen LogP contribution in [0.25, 0.3) is 33.9 Å². The van der Waals surface area contributed by atoms with Gasteiger partial charge in [-0.1, -0.05) is 36.3 Å². The maximum atomic E-state index is 13.8. The number of aryl methyl sites for hydroxylation is 2. The van der Waals surface area contributed by atoms with Gasteiger partial charge in [0.1, 0.15) is 11.2 Å². The SMILES string of the molecule is C#C/C=C(/OC)c1nc(-c2c(C)[nH]c3c(-c4ccccc4)c(C(F)(F)F)nn3c2=O)nn1C. The number of ether oxygens (including phenoxy) is 1. The van der Waals surface area contributed by atoms with Crippen molar-refractivity contribution >= 4 is 11.4 Å². The maximum absolute atomic E-state index is 13.8. The van der Waals surface area contributed by atoms with Gasteiger partial charge >= 0.3 is 6.18 Å². The molecular weight excluding hydrogens is 437 g/mol. The third kappa shape index (κ3) is 3.65. The number of benzene rings is 1. The molecule has 0 spiro atoms. The standard InChI is InChI=1S/C22H17F3N6O2/c1-5-9-14(33-4)19-27-18(29-30(19)3)15-12(2)26-20-16(13-10-7-6-8-11-13)17(22(23,24)25)28-31(20)21(15)32/h1,6-11,26H,2-4H3/b14-9+. The fourth-order valence-corrected chi connectivity index (χ4v) is 3.52. The summed E-state index contributed by atoms with van der Waals surface area (Å²) < 4.78 is 48.7. The molecular formula is C22H17F3N6O2. The molecule has 0 saturated carbocycles. The molecule has 0 aliphatic rings. The number of alkyl halides is 3. The van der Waals surface area contributed by atoms with E-state index in [9.17, 15) is 18.0 Å². The smallest absolute Gasteiger partial charge is 0.435 e. The summed E-state index contributed by atoms with van der Waals surface area (Å²) >= 11 is 0. The minimum absolute atomic E-state index is 0.0153. The number of nitrogens with one attached hydrogen (secondary N) is 1. The van der Waals surface area contributed by atoms with E-state index < -0.39 is 17.4 Å². The Labute approximate surface area is 185 Å². The Morgan fingerprint density at radius 3 is 2.52 bits per heavy atom. The average Bonchev–Trinajstić information content (AvgIpc) is 3.33. The van der Waals surface area contributed by atoms with Crippen LogP contribution in [-0.2, 0) is 18.0 Å². The van der Waals surface area contributed by atoms with Gasteiger partial charge < -0.3 is 9.72 Å². The number of aromatic nitrogens is 6. The highest BCUT2D eigenvalue weighted by Gasteiger charge is 2.39. The summed E-state index contributed by atoms with van der Waals surface area (Å²) in [5, 5.41) is 7.85. The second-order valence-corrected chi connectivity index (χ2v) is 7.04. The number of hydrogen-bond acceptors (Lipinski definition) is 5. The zero-order valence-corrected chi connectivity index (χ0v) is 17.7. The van der Waals surface area contributed by atoms with Crippen LogP contribution in [0.3, 0.4) is 0 Å². The Morgan fingerprint density at radius 2 is 1.91 bits per heavy atom. The molecule has 8 nitrogen and oxygen atoms in total. The molecule has 4 rings (SSSR count). The Balaban J connectivity index is 2.01. The van der Waals surface area contributed by atoms with Crippen molar-refractivity contribution in [3.8, 4) is 34.9 Å². The van der Waals surface area contributed by atoms with Crippen molar-refractivity contribution in [3.63, 3.8) is 0 Å². The van der Waals surface area contributed by atoms with E-state index in [1.807, 2.05) is 0 Å². The van der Waals surface area contributed by atoms with Crippen LogP contribution in [0.4, 0.5) is 13.2 Å². The lowest BCUT2D eigenvalue weighted by Crippen LogP contribution is -2.20. The van der Waals surface area contributed by atoms with Gasteiger partial charge in [-0.25, -0.2) is 9.67 Å². The molecule has 0 amide bonds. The minimum Gasteiger partial charge on any atom is -0.492 e. The summed E-state index contributed by atoms with van der Waals surface area (Å²) in [6.45, 7) is 1.55. The van der Waals surface area contributed by atoms with Crippen molar-refractivity contribution in [2.75, 3.05) is 7.11 Å². The Hall–Kier alpha value is -4.33. The highest BCUT2D eigenvalue weighted by atomic mass is 19.4. The number of H-pyrrole nitrogens is 1. The molecule has 11 heteroatoms. The van der Waals surface area contributed by atoms with E-state index in [0.29, 0.717) is 4.52 Å². The Bertz CT molecular complexity index is 1490. The lowest BCUT2D eigenvalue weighted by molar-refractivity contribution is -0.140. The summed E-state index contributed by atoms with van der Waals surface area (Å²) in [7, 11) is 2.97. The fourth-order valence-electron chi connectivity index (χ4n) is 3.52. The topological polar surface area (TPSA) is 90.1 Å². The zero-order valence-electron chi connectivity index (χ0n) is 17.7. The van der Waals surface area contributed by atoms with Crippen LogP contribution in [0.1, 0.15) is 17.2 Å². The van der Waals surface area contributed by atoms with E-state index in [1.165, 1.54) is 30.0 Å². The molecule has 1 N–H and O–H groups in total. The van der Waals surface area contributed by atoms with Gasteiger partial charge in [0, 0.05) is 18.8 Å². The van der Waals surface area contributed by atoms with E-state index in [4.69, 9.17) is 11.2 Å². The number of halogens is 3. The van der Waals surface area contributed by atoms with E-state index in [0.717, 1.165) is 0 Å². The Kier molecular flexibility index (Phi) is 5.29. The first-order chi connectivity index (χ1) is 15.7. The molecule has 4 aromatic rings. The summed E-state index contributed by atoms with van der Waals surface area (Å²) in [5.41, 5.74) is -1.77. The van der Waals surface area contributed by atoms with Crippen LogP contribution in [0.15, 0.2) is 41.2 Å². The minimum atomic E-state index is -4.78. The van der Waals surface area contributed by atoms with Crippen molar-refractivity contribution in [3.05, 3.63) is 64.0 Å². The van der Waals surface area contributed by atoms with Crippen molar-refractivity contribution in [1.29, 1.82) is 0 Å². The third-order valence-corrected chi connectivity index (χ3v) is 4.94. The second kappa shape index (κ2) is 7.98. The molecule has 0 aliphatic carbocycles. The predicted octanol–water partition coefficient (Wildman–Crippen LogP) is 3.43. The number of nitrogens with zero attached hydrogens (tertiary/aromatic N) is 5. The van der Waals surface area contributed by atoms with Crippen molar-refractivity contribution in [1.82, 2.24) is 29.4 Å². The summed E-state index contributed by atoms with van der Waals surface area (Å²) in [6.07, 6.45) is 1.85. The number of terminal acetylenes is 1. The molecule has 1 aromatic carbocycles. The Morgan fingerprint density at radius 1 is 1.21 bits per heavy atom. The van der Waals surface area contributed by atoms with E-state index in [1.54, 1.807) is 32.2 Å². The van der Waals surface area contributed by atoms with Crippen molar-refractivity contribution < 1.29 is 17.9 Å². The highest BCUT2D eigenvalue weighted by molar-refractivity contribution is 5.81. The maximum Gasteiger partial charge on any atom is 0.435 e. The zero-order chi connectivity index (χ0) is 23.9. The van der Waals surface area contributed by atoms with E-state index >= 15 is 0 Å². The van der Waals surface area contributed by atoms with Crippen molar-refractivity contribution in [2.45, 2.75) is 13.1 Å². The van der Waals surface area contributed by atoms with Gasteiger partial charge in [-0.15, -0.1) is 6.42 Å². The monoisotopic (exact) mass is 454 g/mol. The van der Waals surface area contributed by atoms with Crippen LogP contribution in [0.2, 0.25) is 0 Å². The lowest BCUT2D eigenvalue weighted by atomic mass is 10.1. The third-order valence-electron chi connectivity index (χ3n) is 4.94. The van der Waals surface area contributed by atoms with Gasteiger partial charge in [0.15, 0.2) is 23.1 Å². The number of rotatable bonds is 4. The first-order valence-corrected chi connectivity index (χ1v) is 9.57. The molecule has 3 aromatic heterocycles. The largest absolute Gasteiger partial charge is 0.492 e. The normalized spacial score (nSPS) is 12.2. The second-order valence-electron chi connectivity index (χ2n) is 7.04. The number of fused-ring (bicyclic) bond motifs is 1. The summed E-state index contributed by atoms with van der Waals surface area (Å²) in [6, 6.07) is 7.93. The molecule has 0 radical (unpaired) electrons. The van der Waals surface area contributed by atoms with Gasteiger partial charge in [0.05, 0.1) is 12.7 Å². The van der Waals surface area contributed by atoms with E-state index in [-0.39, 0.29) is 45.4 Å². The van der Waals surface area contributed by atoms with Gasteiger partial charge in [-0.3, -0.25) is 4.79 Å². The predicted molar refractivity (Wildman–Crippen MR) is 115 cm³/mol.